The van der Waals surface area contributed by atoms with Crippen LogP contribution < -0.4 is 4.74 Å². The van der Waals surface area contributed by atoms with Crippen LogP contribution >= 0.6 is 11.6 Å². The van der Waals surface area contributed by atoms with E-state index in [4.69, 9.17) is 20.8 Å². The number of nitrogens with zero attached hydrogens (tertiary/aromatic N) is 2. The molecule has 0 saturated heterocycles. The van der Waals surface area contributed by atoms with Crippen LogP contribution in [-0.4, -0.2) is 22.7 Å². The average molecular weight is 269 g/mol. The summed E-state index contributed by atoms with van der Waals surface area (Å²) in [6.45, 7) is 2.64. The molecule has 0 amide bonds. The van der Waals surface area contributed by atoms with Gasteiger partial charge in [-0.3, -0.25) is 9.48 Å². The van der Waals surface area contributed by atoms with Gasteiger partial charge in [-0.15, -0.1) is 0 Å². The summed E-state index contributed by atoms with van der Waals surface area (Å²) in [6, 6.07) is 3.06. The molecule has 0 fully saturated rings. The Labute approximate surface area is 109 Å². The molecule has 0 saturated carbocycles. The first-order valence-electron chi connectivity index (χ1n) is 5.57. The number of aryl methyl sites for hydroxylation is 1. The molecule has 0 aliphatic carbocycles. The molecule has 2 aromatic rings. The number of hydrogen-bond donors (Lipinski definition) is 0. The zero-order chi connectivity index (χ0) is 13.1. The molecule has 5 nitrogen and oxygen atoms in total. The van der Waals surface area contributed by atoms with Crippen LogP contribution in [0.4, 0.5) is 0 Å². The second-order valence-electron chi connectivity index (χ2n) is 3.72. The highest BCUT2D eigenvalue weighted by Gasteiger charge is 2.23. The molecule has 6 heteroatoms. The second kappa shape index (κ2) is 5.27. The van der Waals surface area contributed by atoms with E-state index in [-0.39, 0.29) is 16.8 Å². The summed E-state index contributed by atoms with van der Waals surface area (Å²) >= 11 is 5.67. The van der Waals surface area contributed by atoms with Crippen LogP contribution in [0.1, 0.15) is 29.6 Å². The minimum Gasteiger partial charge on any atom is -0.493 e. The van der Waals surface area contributed by atoms with Gasteiger partial charge in [-0.05, 0) is 30.2 Å². The van der Waals surface area contributed by atoms with Gasteiger partial charge in [0.1, 0.15) is 0 Å². The fraction of sp³-hybridized carbons (Fsp3) is 0.333. The van der Waals surface area contributed by atoms with E-state index in [2.05, 4.69) is 5.10 Å². The maximum atomic E-state index is 12.3. The van der Waals surface area contributed by atoms with E-state index in [1.54, 1.807) is 4.68 Å². The molecule has 2 rings (SSSR count). The molecule has 0 unspecified atom stereocenters. The molecule has 0 atom stereocenters. The van der Waals surface area contributed by atoms with Crippen molar-refractivity contribution >= 4 is 17.4 Å². The van der Waals surface area contributed by atoms with Crippen molar-refractivity contribution in [2.75, 3.05) is 7.11 Å². The molecule has 0 bridgehead atoms. The first-order chi connectivity index (χ1) is 8.67. The molecule has 2 heterocycles. The Balaban J connectivity index is 2.42. The number of hydrogen-bond acceptors (Lipinski definition) is 4. The molecule has 0 aliphatic heterocycles. The first kappa shape index (κ1) is 12.7. The molecule has 2 aromatic heterocycles. The van der Waals surface area contributed by atoms with Gasteiger partial charge in [0.15, 0.2) is 22.4 Å². The summed E-state index contributed by atoms with van der Waals surface area (Å²) in [6.07, 6.45) is 2.39. The molecule has 0 aliphatic rings. The van der Waals surface area contributed by atoms with Crippen molar-refractivity contribution in [3.8, 4) is 5.75 Å². The van der Waals surface area contributed by atoms with Crippen LogP contribution in [0.5, 0.6) is 5.75 Å². The van der Waals surface area contributed by atoms with Gasteiger partial charge in [-0.25, -0.2) is 0 Å². The number of carbonyl (C=O) groups excluding carboxylic acids is 1. The van der Waals surface area contributed by atoms with Gasteiger partial charge in [0, 0.05) is 6.54 Å². The third kappa shape index (κ3) is 2.26. The largest absolute Gasteiger partial charge is 0.493 e. The van der Waals surface area contributed by atoms with Gasteiger partial charge in [-0.1, -0.05) is 6.92 Å². The van der Waals surface area contributed by atoms with Crippen LogP contribution in [0, 0.1) is 0 Å². The third-order valence-electron chi connectivity index (χ3n) is 2.47. The lowest BCUT2D eigenvalue weighted by molar-refractivity contribution is 0.0996. The third-order valence-corrected chi connectivity index (χ3v) is 2.68. The topological polar surface area (TPSA) is 57.3 Å². The standard InChI is InChI=1S/C12H13ClN2O3/c1-3-6-15-11(9(17-2)7-14-15)12(16)8-4-5-10(13)18-8/h4-5,7H,3,6H2,1-2H3. The van der Waals surface area contributed by atoms with Crippen molar-refractivity contribution in [2.45, 2.75) is 19.9 Å². The molecule has 0 aromatic carbocycles. The predicted molar refractivity (Wildman–Crippen MR) is 66.2 cm³/mol. The minimum absolute atomic E-state index is 0.177. The zero-order valence-electron chi connectivity index (χ0n) is 10.1. The quantitative estimate of drug-likeness (QED) is 0.783. The number of ketones is 1. The fourth-order valence-corrected chi connectivity index (χ4v) is 1.83. The number of halogens is 1. The Kier molecular flexibility index (Phi) is 3.72. The average Bonchev–Trinajstić information content (AvgIpc) is 2.95. The van der Waals surface area contributed by atoms with Gasteiger partial charge < -0.3 is 9.15 Å². The highest BCUT2D eigenvalue weighted by molar-refractivity contribution is 6.29. The van der Waals surface area contributed by atoms with Crippen molar-refractivity contribution in [1.82, 2.24) is 9.78 Å². The number of carbonyl (C=O) groups is 1. The van der Waals surface area contributed by atoms with Crippen LogP contribution in [0.3, 0.4) is 0 Å². The summed E-state index contributed by atoms with van der Waals surface area (Å²) < 4.78 is 11.9. The molecule has 0 radical (unpaired) electrons. The van der Waals surface area contributed by atoms with Crippen molar-refractivity contribution < 1.29 is 13.9 Å². The Morgan fingerprint density at radius 2 is 2.33 bits per heavy atom. The van der Waals surface area contributed by atoms with E-state index in [0.717, 1.165) is 6.42 Å². The SMILES string of the molecule is CCCn1ncc(OC)c1C(=O)c1ccc(Cl)o1. The van der Waals surface area contributed by atoms with E-state index < -0.39 is 0 Å². The predicted octanol–water partition coefficient (Wildman–Crippen LogP) is 2.78. The fourth-order valence-electron chi connectivity index (χ4n) is 1.68. The molecule has 0 spiro atoms. The highest BCUT2D eigenvalue weighted by atomic mass is 35.5. The minimum atomic E-state index is -0.287. The van der Waals surface area contributed by atoms with Crippen molar-refractivity contribution in [3.05, 3.63) is 35.0 Å². The maximum Gasteiger partial charge on any atom is 0.250 e. The number of ether oxygens (including phenoxy) is 1. The van der Waals surface area contributed by atoms with Crippen LogP contribution in [0.15, 0.2) is 22.7 Å². The number of methoxy groups -OCH3 is 1. The summed E-state index contributed by atoms with van der Waals surface area (Å²) in [4.78, 5) is 12.3. The lowest BCUT2D eigenvalue weighted by Crippen LogP contribution is -2.12. The smallest absolute Gasteiger partial charge is 0.250 e. The molecular weight excluding hydrogens is 256 g/mol. The summed E-state index contributed by atoms with van der Waals surface area (Å²) in [5.74, 6) is 0.321. The van der Waals surface area contributed by atoms with E-state index in [0.29, 0.717) is 18.0 Å². The molecule has 0 N–H and O–H groups in total. The first-order valence-corrected chi connectivity index (χ1v) is 5.95. The van der Waals surface area contributed by atoms with Gasteiger partial charge in [0.05, 0.1) is 13.3 Å². The van der Waals surface area contributed by atoms with Crippen LogP contribution in [0.25, 0.3) is 0 Å². The summed E-state index contributed by atoms with van der Waals surface area (Å²) in [5.41, 5.74) is 0.380. The van der Waals surface area contributed by atoms with Crippen molar-refractivity contribution in [1.29, 1.82) is 0 Å². The zero-order valence-corrected chi connectivity index (χ0v) is 10.9. The molecule has 18 heavy (non-hydrogen) atoms. The number of aromatic nitrogens is 2. The summed E-state index contributed by atoms with van der Waals surface area (Å²) in [5, 5.41) is 4.31. The Morgan fingerprint density at radius 3 is 2.89 bits per heavy atom. The highest BCUT2D eigenvalue weighted by Crippen LogP contribution is 2.23. The van der Waals surface area contributed by atoms with Crippen LogP contribution in [-0.2, 0) is 6.54 Å². The maximum absolute atomic E-state index is 12.3. The molecule has 96 valence electrons. The summed E-state index contributed by atoms with van der Waals surface area (Å²) in [7, 11) is 1.50. The Hall–Kier alpha value is -1.75. The van der Waals surface area contributed by atoms with Crippen molar-refractivity contribution in [2.24, 2.45) is 0 Å². The van der Waals surface area contributed by atoms with Crippen LogP contribution in [0.2, 0.25) is 5.22 Å². The van der Waals surface area contributed by atoms with E-state index in [1.165, 1.54) is 25.4 Å². The lowest BCUT2D eigenvalue weighted by atomic mass is 10.2. The van der Waals surface area contributed by atoms with Gasteiger partial charge >= 0.3 is 0 Å². The van der Waals surface area contributed by atoms with Crippen molar-refractivity contribution in [3.63, 3.8) is 0 Å². The number of rotatable bonds is 5. The lowest BCUT2D eigenvalue weighted by Gasteiger charge is -2.05. The monoisotopic (exact) mass is 268 g/mol. The second-order valence-corrected chi connectivity index (χ2v) is 4.09. The van der Waals surface area contributed by atoms with E-state index in [1.807, 2.05) is 6.92 Å². The Morgan fingerprint density at radius 1 is 1.56 bits per heavy atom. The van der Waals surface area contributed by atoms with E-state index >= 15 is 0 Å². The van der Waals surface area contributed by atoms with E-state index in [9.17, 15) is 4.79 Å². The van der Waals surface area contributed by atoms with Gasteiger partial charge in [0.2, 0.25) is 5.78 Å². The normalized spacial score (nSPS) is 10.6. The number of furan rings is 1. The molecular formula is C12H13ClN2O3. The van der Waals surface area contributed by atoms with Gasteiger partial charge in [-0.2, -0.15) is 5.10 Å². The Bertz CT molecular complexity index is 559. The van der Waals surface area contributed by atoms with Gasteiger partial charge in [0.25, 0.3) is 0 Å².